The molecule has 0 fully saturated rings. The van der Waals surface area contributed by atoms with Gasteiger partial charge in [-0.25, -0.2) is 0 Å². The first kappa shape index (κ1) is 47.0. The first-order chi connectivity index (χ1) is 29.0. The third kappa shape index (κ3) is 16.9. The summed E-state index contributed by atoms with van der Waals surface area (Å²) in [5.74, 6) is -0.242. The lowest BCUT2D eigenvalue weighted by Crippen LogP contribution is -2.31. The van der Waals surface area contributed by atoms with Crippen molar-refractivity contribution >= 4 is 73.3 Å². The highest BCUT2D eigenvalue weighted by Gasteiger charge is 2.15. The Balaban J connectivity index is 1.17. The second-order valence-electron chi connectivity index (χ2n) is 12.7. The zero-order chi connectivity index (χ0) is 43.1. The lowest BCUT2D eigenvalue weighted by atomic mass is 9.80. The van der Waals surface area contributed by atoms with Crippen molar-refractivity contribution in [2.75, 3.05) is 94.9 Å². The van der Waals surface area contributed by atoms with Crippen LogP contribution in [-0.2, 0) is 14.2 Å². The average Bonchev–Trinajstić information content (AvgIpc) is 3.25. The first-order valence-corrected chi connectivity index (χ1v) is 18.9. The average molecular weight is 831 g/mol. The number of carbonyl (C=O) groups is 3. The number of nitrogens with one attached hydrogen (secondary N) is 6. The normalized spacial score (nSPS) is 10.7. The molecule has 3 aromatic carbocycles. The SMILES string of the molecule is O=C(NCCOCCNc1nc(NCCOCCNC(=O)c2ccc(B(O)O)cc2)nc(NCCOCCNC(=O)c2ccc(B(O)O)cc2)n1)c1ccc(B(O)O)cc1. The molecule has 0 radical (unpaired) electrons. The number of rotatable bonds is 27. The zero-order valence-electron chi connectivity index (χ0n) is 32.6. The van der Waals surface area contributed by atoms with E-state index in [0.29, 0.717) is 36.3 Å². The molecule has 0 aliphatic heterocycles. The lowest BCUT2D eigenvalue weighted by molar-refractivity contribution is 0.0914. The van der Waals surface area contributed by atoms with Crippen LogP contribution in [0.1, 0.15) is 31.1 Å². The van der Waals surface area contributed by atoms with Crippen molar-refractivity contribution in [1.82, 2.24) is 30.9 Å². The van der Waals surface area contributed by atoms with Gasteiger partial charge in [-0.1, -0.05) is 36.4 Å². The van der Waals surface area contributed by atoms with E-state index in [1.54, 1.807) is 0 Å². The fraction of sp³-hybridized carbons (Fsp3) is 0.333. The van der Waals surface area contributed by atoms with Crippen LogP contribution in [0.2, 0.25) is 0 Å². The number of ether oxygens (including phenoxy) is 3. The molecule has 21 nitrogen and oxygen atoms in total. The molecule has 3 amide bonds. The van der Waals surface area contributed by atoms with Crippen LogP contribution in [0.5, 0.6) is 0 Å². The minimum Gasteiger partial charge on any atom is -0.423 e. The Bertz CT molecular complexity index is 1690. The van der Waals surface area contributed by atoms with Gasteiger partial charge in [0.2, 0.25) is 17.8 Å². The molecule has 24 heteroatoms. The van der Waals surface area contributed by atoms with E-state index in [0.717, 1.165) is 0 Å². The van der Waals surface area contributed by atoms with Gasteiger partial charge in [0.1, 0.15) is 0 Å². The Labute approximate surface area is 346 Å². The predicted octanol–water partition coefficient (Wildman–Crippen LogP) is -4.51. The van der Waals surface area contributed by atoms with E-state index >= 15 is 0 Å². The summed E-state index contributed by atoms with van der Waals surface area (Å²) in [6.45, 7) is 3.20. The Morgan fingerprint density at radius 1 is 0.400 bits per heavy atom. The maximum atomic E-state index is 12.3. The number of hydrogen-bond acceptors (Lipinski definition) is 18. The Morgan fingerprint density at radius 3 is 0.867 bits per heavy atom. The van der Waals surface area contributed by atoms with Crippen LogP contribution in [0.15, 0.2) is 72.8 Å². The van der Waals surface area contributed by atoms with Crippen molar-refractivity contribution in [2.24, 2.45) is 0 Å². The number of amides is 3. The van der Waals surface area contributed by atoms with Gasteiger partial charge in [-0.15, -0.1) is 0 Å². The topological polar surface area (TPSA) is 311 Å². The largest absolute Gasteiger partial charge is 0.488 e. The van der Waals surface area contributed by atoms with Crippen molar-refractivity contribution in [3.8, 4) is 0 Å². The van der Waals surface area contributed by atoms with Crippen LogP contribution in [-0.4, -0.2) is 163 Å². The summed E-state index contributed by atoms with van der Waals surface area (Å²) in [6, 6.07) is 17.7. The summed E-state index contributed by atoms with van der Waals surface area (Å²) in [7, 11) is -4.84. The number of benzene rings is 3. The van der Waals surface area contributed by atoms with Gasteiger partial charge in [0.05, 0.1) is 39.6 Å². The summed E-state index contributed by atoms with van der Waals surface area (Å²) in [5, 5.41) is 72.7. The summed E-state index contributed by atoms with van der Waals surface area (Å²) in [6.07, 6.45) is 0. The number of nitrogens with zero attached hydrogens (tertiary/aromatic N) is 3. The highest BCUT2D eigenvalue weighted by atomic mass is 16.5. The molecule has 12 N–H and O–H groups in total. The van der Waals surface area contributed by atoms with E-state index in [2.05, 4.69) is 46.9 Å². The van der Waals surface area contributed by atoms with Crippen LogP contribution < -0.4 is 48.3 Å². The predicted molar refractivity (Wildman–Crippen MR) is 224 cm³/mol. The highest BCUT2D eigenvalue weighted by Crippen LogP contribution is 2.09. The summed E-state index contributed by atoms with van der Waals surface area (Å²) >= 11 is 0. The third-order valence-corrected chi connectivity index (χ3v) is 8.23. The Morgan fingerprint density at radius 2 is 0.633 bits per heavy atom. The van der Waals surface area contributed by atoms with Gasteiger partial charge in [-0.05, 0) is 52.8 Å². The molecule has 1 aromatic heterocycles. The Kier molecular flexibility index (Phi) is 20.1. The maximum absolute atomic E-state index is 12.3. The highest BCUT2D eigenvalue weighted by molar-refractivity contribution is 6.59. The number of carbonyl (C=O) groups excluding carboxylic acids is 3. The molecule has 0 aliphatic rings. The molecule has 0 bridgehead atoms. The monoisotopic (exact) mass is 831 g/mol. The summed E-state index contributed by atoms with van der Waals surface area (Å²) in [5.41, 5.74) is 1.94. The lowest BCUT2D eigenvalue weighted by Gasteiger charge is -2.12. The second kappa shape index (κ2) is 25.7. The molecule has 60 heavy (non-hydrogen) atoms. The van der Waals surface area contributed by atoms with Crippen LogP contribution in [0.3, 0.4) is 0 Å². The maximum Gasteiger partial charge on any atom is 0.488 e. The van der Waals surface area contributed by atoms with Crippen LogP contribution >= 0.6 is 0 Å². The summed E-state index contributed by atoms with van der Waals surface area (Å²) < 4.78 is 16.8. The molecular formula is C36H48B3N9O12. The van der Waals surface area contributed by atoms with E-state index in [9.17, 15) is 44.5 Å². The molecule has 4 rings (SSSR count). The van der Waals surface area contributed by atoms with Crippen molar-refractivity contribution in [3.63, 3.8) is 0 Å². The van der Waals surface area contributed by atoms with Crippen LogP contribution in [0.4, 0.5) is 17.8 Å². The summed E-state index contributed by atoms with van der Waals surface area (Å²) in [4.78, 5) is 50.2. The molecule has 0 saturated heterocycles. The molecule has 0 atom stereocenters. The van der Waals surface area contributed by atoms with Crippen molar-refractivity contribution in [1.29, 1.82) is 0 Å². The quantitative estimate of drug-likeness (QED) is 0.0199. The zero-order valence-corrected chi connectivity index (χ0v) is 32.6. The van der Waals surface area contributed by atoms with Crippen LogP contribution in [0, 0.1) is 0 Å². The van der Waals surface area contributed by atoms with E-state index in [1.165, 1.54) is 72.8 Å². The fourth-order valence-electron chi connectivity index (χ4n) is 5.06. The van der Waals surface area contributed by atoms with E-state index in [1.807, 2.05) is 0 Å². The second-order valence-corrected chi connectivity index (χ2v) is 12.7. The van der Waals surface area contributed by atoms with Gasteiger partial charge >= 0.3 is 21.4 Å². The number of aromatic nitrogens is 3. The third-order valence-electron chi connectivity index (χ3n) is 8.23. The van der Waals surface area contributed by atoms with Crippen LogP contribution in [0.25, 0.3) is 0 Å². The molecule has 0 unspecified atom stereocenters. The molecule has 318 valence electrons. The standard InChI is InChI=1S/C36H48B3N9O12/c49-31(25-1-7-28(8-2-25)37(52)53)40-13-19-58-22-16-43-34-46-35(44-17-23-59-20-14-41-32(50)26-3-9-29(10-4-26)38(54)55)48-36(47-34)45-18-24-60-21-15-42-33(51)27-5-11-30(12-6-27)39(56)57/h1-12,52-57H,13-24H2,(H,40,49)(H,41,50)(H,42,51)(H3,43,44,45,46,47,48). The van der Waals surface area contributed by atoms with Gasteiger partial charge in [0.25, 0.3) is 17.7 Å². The minimum absolute atomic E-state index is 0.233. The number of hydrogen-bond donors (Lipinski definition) is 12. The van der Waals surface area contributed by atoms with E-state index in [4.69, 9.17) is 14.2 Å². The molecule has 0 spiro atoms. The molecule has 0 saturated carbocycles. The van der Waals surface area contributed by atoms with Gasteiger partial charge in [0.15, 0.2) is 0 Å². The molecular weight excluding hydrogens is 783 g/mol. The van der Waals surface area contributed by atoms with Gasteiger partial charge in [-0.3, -0.25) is 14.4 Å². The van der Waals surface area contributed by atoms with Gasteiger partial charge in [0, 0.05) is 56.0 Å². The van der Waals surface area contributed by atoms with Gasteiger partial charge in [-0.2, -0.15) is 15.0 Å². The molecule has 0 aliphatic carbocycles. The van der Waals surface area contributed by atoms with E-state index in [-0.39, 0.29) is 111 Å². The number of anilines is 3. The van der Waals surface area contributed by atoms with Gasteiger partial charge < -0.3 is 76.3 Å². The Hall–Kier alpha value is -5.69. The molecule has 4 aromatic rings. The molecule has 1 heterocycles. The first-order valence-electron chi connectivity index (χ1n) is 18.9. The smallest absolute Gasteiger partial charge is 0.423 e. The van der Waals surface area contributed by atoms with Crippen molar-refractivity contribution in [3.05, 3.63) is 89.5 Å². The van der Waals surface area contributed by atoms with Crippen molar-refractivity contribution in [2.45, 2.75) is 0 Å². The van der Waals surface area contributed by atoms with Crippen molar-refractivity contribution < 1.29 is 58.7 Å². The van der Waals surface area contributed by atoms with E-state index < -0.39 is 21.4 Å². The fourth-order valence-corrected chi connectivity index (χ4v) is 5.06. The minimum atomic E-state index is -1.61.